The van der Waals surface area contributed by atoms with Crippen LogP contribution in [0, 0.1) is 11.3 Å². The molecule has 1 aromatic rings. The number of amides is 3. The zero-order valence-electron chi connectivity index (χ0n) is 20.3. The predicted octanol–water partition coefficient (Wildman–Crippen LogP) is 2.85. The number of methoxy groups -OCH3 is 2. The second-order valence-electron chi connectivity index (χ2n) is 9.74. The summed E-state index contributed by atoms with van der Waals surface area (Å²) in [5, 5.41) is 2.86. The Morgan fingerprint density at radius 1 is 1.06 bits per heavy atom. The van der Waals surface area contributed by atoms with Gasteiger partial charge >= 0.3 is 12.0 Å². The van der Waals surface area contributed by atoms with E-state index in [0.717, 1.165) is 30.6 Å². The van der Waals surface area contributed by atoms with Gasteiger partial charge in [0.25, 0.3) is 0 Å². The highest BCUT2D eigenvalue weighted by atomic mass is 16.5. The Bertz CT molecular complexity index is 848. The van der Waals surface area contributed by atoms with Crippen molar-refractivity contribution in [3.8, 4) is 5.75 Å². The molecule has 0 aromatic heterocycles. The van der Waals surface area contributed by atoms with Crippen molar-refractivity contribution in [2.45, 2.75) is 52.0 Å². The van der Waals surface area contributed by atoms with Crippen LogP contribution in [0.1, 0.15) is 45.1 Å². The van der Waals surface area contributed by atoms with E-state index in [0.29, 0.717) is 39.0 Å². The molecule has 1 atom stereocenters. The number of hydrogen-bond donors (Lipinski definition) is 1. The molecule has 0 radical (unpaired) electrons. The number of hydrogen-bond acceptors (Lipinski definition) is 5. The van der Waals surface area contributed by atoms with Crippen LogP contribution in [0.2, 0.25) is 0 Å². The fourth-order valence-corrected chi connectivity index (χ4v) is 4.88. The van der Waals surface area contributed by atoms with Gasteiger partial charge in [0.05, 0.1) is 20.6 Å². The van der Waals surface area contributed by atoms with Crippen LogP contribution < -0.4 is 10.1 Å². The predicted molar refractivity (Wildman–Crippen MR) is 125 cm³/mol. The Morgan fingerprint density at radius 3 is 2.33 bits per heavy atom. The zero-order chi connectivity index (χ0) is 24.0. The Morgan fingerprint density at radius 2 is 1.73 bits per heavy atom. The average Bonchev–Trinajstić information content (AvgIpc) is 3.21. The van der Waals surface area contributed by atoms with E-state index in [1.165, 1.54) is 7.11 Å². The van der Waals surface area contributed by atoms with Crippen LogP contribution in [-0.4, -0.2) is 74.1 Å². The lowest BCUT2D eigenvalue weighted by atomic mass is 9.77. The molecule has 8 nitrogen and oxygen atoms in total. The molecule has 2 fully saturated rings. The Kier molecular flexibility index (Phi) is 8.21. The molecule has 0 unspecified atom stereocenters. The number of ether oxygens (including phenoxy) is 2. The third-order valence-electron chi connectivity index (χ3n) is 6.88. The number of rotatable bonds is 7. The lowest BCUT2D eigenvalue weighted by Gasteiger charge is -2.39. The van der Waals surface area contributed by atoms with Gasteiger partial charge in [0, 0.05) is 26.2 Å². The maximum atomic E-state index is 12.8. The highest BCUT2D eigenvalue weighted by Gasteiger charge is 2.43. The summed E-state index contributed by atoms with van der Waals surface area (Å²) in [6, 6.07) is 6.78. The normalized spacial score (nSPS) is 18.3. The van der Waals surface area contributed by atoms with Crippen LogP contribution in [0.25, 0.3) is 0 Å². The van der Waals surface area contributed by atoms with Crippen LogP contribution >= 0.6 is 0 Å². The molecule has 3 amide bonds. The first-order valence-corrected chi connectivity index (χ1v) is 11.8. The van der Waals surface area contributed by atoms with E-state index in [1.807, 2.05) is 47.9 Å². The first kappa shape index (κ1) is 24.9. The molecule has 8 heteroatoms. The number of esters is 1. The third kappa shape index (κ3) is 6.39. The smallest absolute Gasteiger partial charge is 0.328 e. The van der Waals surface area contributed by atoms with E-state index in [2.05, 4.69) is 5.32 Å². The Balaban J connectivity index is 1.51. The number of nitrogens with one attached hydrogen (secondary N) is 1. The quantitative estimate of drug-likeness (QED) is 0.634. The highest BCUT2D eigenvalue weighted by molar-refractivity contribution is 5.83. The molecule has 2 saturated heterocycles. The van der Waals surface area contributed by atoms with Crippen LogP contribution in [-0.2, 0) is 20.7 Å². The second kappa shape index (κ2) is 10.9. The molecular weight excluding hydrogens is 422 g/mol. The van der Waals surface area contributed by atoms with Crippen molar-refractivity contribution >= 4 is 17.9 Å². The maximum Gasteiger partial charge on any atom is 0.328 e. The van der Waals surface area contributed by atoms with Crippen LogP contribution in [0.15, 0.2) is 24.3 Å². The summed E-state index contributed by atoms with van der Waals surface area (Å²) in [6.07, 6.45) is 3.59. The molecule has 33 heavy (non-hydrogen) atoms. The third-order valence-corrected chi connectivity index (χ3v) is 6.88. The van der Waals surface area contributed by atoms with Crippen molar-refractivity contribution in [3.63, 3.8) is 0 Å². The molecule has 1 spiro atoms. The SMILES string of the molecule is COC(=O)[C@H](CC(C)C)NC(=O)N1CCC2(CCN(C(=O)Cc3cccc(OC)c3)CC2)C1. The average molecular weight is 460 g/mol. The first-order valence-electron chi connectivity index (χ1n) is 11.8. The number of likely N-dealkylation sites (tertiary alicyclic amines) is 2. The fourth-order valence-electron chi connectivity index (χ4n) is 4.88. The van der Waals surface area contributed by atoms with Gasteiger partial charge in [0.2, 0.25) is 5.91 Å². The van der Waals surface area contributed by atoms with E-state index in [1.54, 1.807) is 7.11 Å². The summed E-state index contributed by atoms with van der Waals surface area (Å²) in [6.45, 7) is 6.75. The van der Waals surface area contributed by atoms with Gasteiger partial charge in [-0.25, -0.2) is 9.59 Å². The number of urea groups is 1. The maximum absolute atomic E-state index is 12.8. The number of nitrogens with zero attached hydrogens (tertiary/aromatic N) is 2. The zero-order valence-corrected chi connectivity index (χ0v) is 20.3. The molecule has 2 aliphatic rings. The lowest BCUT2D eigenvalue weighted by Crippen LogP contribution is -2.49. The van der Waals surface area contributed by atoms with Gasteiger partial charge in [0.1, 0.15) is 11.8 Å². The second-order valence-corrected chi connectivity index (χ2v) is 9.74. The molecule has 0 bridgehead atoms. The summed E-state index contributed by atoms with van der Waals surface area (Å²) in [5.74, 6) is 0.734. The Labute approximate surface area is 196 Å². The monoisotopic (exact) mass is 459 g/mol. The first-order chi connectivity index (χ1) is 15.7. The number of carbonyl (C=O) groups is 3. The van der Waals surface area contributed by atoms with Gasteiger partial charge < -0.3 is 24.6 Å². The molecule has 0 saturated carbocycles. The van der Waals surface area contributed by atoms with E-state index in [9.17, 15) is 14.4 Å². The molecule has 1 aromatic carbocycles. The molecule has 3 rings (SSSR count). The van der Waals surface area contributed by atoms with Crippen molar-refractivity contribution in [1.82, 2.24) is 15.1 Å². The van der Waals surface area contributed by atoms with E-state index >= 15 is 0 Å². The van der Waals surface area contributed by atoms with E-state index < -0.39 is 12.0 Å². The molecule has 2 aliphatic heterocycles. The molecule has 0 aliphatic carbocycles. The topological polar surface area (TPSA) is 88.2 Å². The molecule has 182 valence electrons. The van der Waals surface area contributed by atoms with Crippen LogP contribution in [0.3, 0.4) is 0 Å². The van der Waals surface area contributed by atoms with Gasteiger partial charge in [-0.05, 0) is 54.7 Å². The summed E-state index contributed by atoms with van der Waals surface area (Å²) in [7, 11) is 2.96. The highest BCUT2D eigenvalue weighted by Crippen LogP contribution is 2.40. The van der Waals surface area contributed by atoms with Gasteiger partial charge in [-0.1, -0.05) is 26.0 Å². The number of benzene rings is 1. The summed E-state index contributed by atoms with van der Waals surface area (Å²) in [4.78, 5) is 41.5. The molecule has 2 heterocycles. The summed E-state index contributed by atoms with van der Waals surface area (Å²) < 4.78 is 10.1. The summed E-state index contributed by atoms with van der Waals surface area (Å²) >= 11 is 0. The van der Waals surface area contributed by atoms with Crippen molar-refractivity contribution in [3.05, 3.63) is 29.8 Å². The largest absolute Gasteiger partial charge is 0.497 e. The minimum Gasteiger partial charge on any atom is -0.497 e. The van der Waals surface area contributed by atoms with Gasteiger partial charge in [-0.3, -0.25) is 4.79 Å². The standard InChI is InChI=1S/C25H37N3O5/c1-18(2)14-21(23(30)33-4)26-24(31)28-13-10-25(17-28)8-11-27(12-9-25)22(29)16-19-6-5-7-20(15-19)32-3/h5-7,15,18,21H,8-14,16-17H2,1-4H3,(H,26,31)/t21-/m0/s1. The van der Waals surface area contributed by atoms with Gasteiger partial charge in [0.15, 0.2) is 0 Å². The molecule has 1 N–H and O–H groups in total. The van der Waals surface area contributed by atoms with Crippen molar-refractivity contribution in [2.75, 3.05) is 40.4 Å². The lowest BCUT2D eigenvalue weighted by molar-refractivity contribution is -0.143. The van der Waals surface area contributed by atoms with Crippen LogP contribution in [0.5, 0.6) is 5.75 Å². The molecular formula is C25H37N3O5. The van der Waals surface area contributed by atoms with Crippen molar-refractivity contribution < 1.29 is 23.9 Å². The summed E-state index contributed by atoms with van der Waals surface area (Å²) in [5.41, 5.74) is 0.994. The van der Waals surface area contributed by atoms with Gasteiger partial charge in [-0.15, -0.1) is 0 Å². The Hall–Kier alpha value is -2.77. The van der Waals surface area contributed by atoms with E-state index in [4.69, 9.17) is 9.47 Å². The van der Waals surface area contributed by atoms with E-state index in [-0.39, 0.29) is 23.3 Å². The number of carbonyl (C=O) groups excluding carboxylic acids is 3. The number of piperidine rings is 1. The fraction of sp³-hybridized carbons (Fsp3) is 0.640. The van der Waals surface area contributed by atoms with Crippen molar-refractivity contribution in [1.29, 1.82) is 0 Å². The minimum atomic E-state index is -0.630. The van der Waals surface area contributed by atoms with Crippen LogP contribution in [0.4, 0.5) is 4.79 Å². The van der Waals surface area contributed by atoms with Gasteiger partial charge in [-0.2, -0.15) is 0 Å². The minimum absolute atomic E-state index is 0.0445. The van der Waals surface area contributed by atoms with Crippen molar-refractivity contribution in [2.24, 2.45) is 11.3 Å².